The van der Waals surface area contributed by atoms with Crippen LogP contribution in [0.5, 0.6) is 0 Å². The van der Waals surface area contributed by atoms with E-state index >= 15 is 0 Å². The number of aryl methyl sites for hydroxylation is 1. The van der Waals surface area contributed by atoms with Crippen molar-refractivity contribution in [1.29, 1.82) is 0 Å². The van der Waals surface area contributed by atoms with Crippen LogP contribution in [0.2, 0.25) is 0 Å². The normalized spacial score (nSPS) is 24.9. The maximum absolute atomic E-state index is 12.5. The molecule has 0 bridgehead atoms. The zero-order chi connectivity index (χ0) is 15.7. The van der Waals surface area contributed by atoms with E-state index in [0.717, 1.165) is 51.1 Å². The molecule has 1 aromatic rings. The Kier molecular flexibility index (Phi) is 4.47. The van der Waals surface area contributed by atoms with Gasteiger partial charge in [0.15, 0.2) is 0 Å². The molecule has 0 aromatic carbocycles. The largest absolute Gasteiger partial charge is 0.375 e. The van der Waals surface area contributed by atoms with E-state index in [0.29, 0.717) is 10.9 Å². The van der Waals surface area contributed by atoms with E-state index in [4.69, 9.17) is 4.74 Å². The fraction of sp³-hybridized carbons (Fsp3) is 0.800. The summed E-state index contributed by atoms with van der Waals surface area (Å²) in [6, 6.07) is 0.587. The van der Waals surface area contributed by atoms with Crippen LogP contribution < -0.4 is 0 Å². The van der Waals surface area contributed by atoms with E-state index in [1.807, 2.05) is 11.8 Å². The molecule has 6 nitrogen and oxygen atoms in total. The van der Waals surface area contributed by atoms with Gasteiger partial charge in [0.2, 0.25) is 0 Å². The zero-order valence-electron chi connectivity index (χ0n) is 13.5. The number of hydrogen-bond donors (Lipinski definition) is 0. The highest BCUT2D eigenvalue weighted by Crippen LogP contribution is 2.36. The Morgan fingerprint density at radius 2 is 2.14 bits per heavy atom. The maximum atomic E-state index is 12.5. The molecular formula is C15H24N4O2S. The average molecular weight is 324 g/mol. The van der Waals surface area contributed by atoms with Crippen molar-refractivity contribution in [3.63, 3.8) is 0 Å². The summed E-state index contributed by atoms with van der Waals surface area (Å²) in [4.78, 5) is 17.4. The molecule has 0 radical (unpaired) electrons. The van der Waals surface area contributed by atoms with Gasteiger partial charge in [-0.25, -0.2) is 0 Å². The van der Waals surface area contributed by atoms with Crippen molar-refractivity contribution in [3.8, 4) is 0 Å². The van der Waals surface area contributed by atoms with Gasteiger partial charge in [0.05, 0.1) is 11.3 Å². The Balaban J connectivity index is 1.63. The number of aromatic nitrogens is 2. The Morgan fingerprint density at radius 3 is 2.73 bits per heavy atom. The molecule has 7 heteroatoms. The lowest BCUT2D eigenvalue weighted by Crippen LogP contribution is -2.53. The van der Waals surface area contributed by atoms with Crippen LogP contribution in [0, 0.1) is 6.92 Å². The van der Waals surface area contributed by atoms with E-state index < -0.39 is 0 Å². The van der Waals surface area contributed by atoms with E-state index in [-0.39, 0.29) is 11.5 Å². The summed E-state index contributed by atoms with van der Waals surface area (Å²) < 4.78 is 10.0. The topological polar surface area (TPSA) is 58.6 Å². The molecule has 0 unspecified atom stereocenters. The van der Waals surface area contributed by atoms with Crippen LogP contribution in [0.15, 0.2) is 0 Å². The molecule has 3 heterocycles. The van der Waals surface area contributed by atoms with E-state index in [1.54, 1.807) is 0 Å². The van der Waals surface area contributed by atoms with Gasteiger partial charge in [0, 0.05) is 25.7 Å². The summed E-state index contributed by atoms with van der Waals surface area (Å²) in [6.07, 6.45) is 4.02. The van der Waals surface area contributed by atoms with Gasteiger partial charge >= 0.3 is 0 Å². The van der Waals surface area contributed by atoms with Gasteiger partial charge in [-0.2, -0.15) is 0 Å². The molecule has 1 atom stereocenters. The highest BCUT2D eigenvalue weighted by Gasteiger charge is 2.42. The minimum atomic E-state index is -0.0367. The first-order valence-corrected chi connectivity index (χ1v) is 8.67. The minimum Gasteiger partial charge on any atom is -0.375 e. The summed E-state index contributed by atoms with van der Waals surface area (Å²) in [5.41, 5.74) is 0.696. The van der Waals surface area contributed by atoms with Crippen LogP contribution in [-0.2, 0) is 4.74 Å². The van der Waals surface area contributed by atoms with Crippen molar-refractivity contribution in [1.82, 2.24) is 19.4 Å². The monoisotopic (exact) mass is 324 g/mol. The highest BCUT2D eigenvalue weighted by molar-refractivity contribution is 7.07. The van der Waals surface area contributed by atoms with Crippen molar-refractivity contribution in [3.05, 3.63) is 10.6 Å². The van der Waals surface area contributed by atoms with Crippen LogP contribution in [0.1, 0.15) is 41.0 Å². The van der Waals surface area contributed by atoms with Gasteiger partial charge in [-0.05, 0) is 58.2 Å². The van der Waals surface area contributed by atoms with Crippen LogP contribution >= 0.6 is 11.5 Å². The Morgan fingerprint density at radius 1 is 1.41 bits per heavy atom. The first-order chi connectivity index (χ1) is 10.5. The van der Waals surface area contributed by atoms with Crippen molar-refractivity contribution in [2.45, 2.75) is 44.2 Å². The summed E-state index contributed by atoms with van der Waals surface area (Å²) >= 11 is 1.19. The summed E-state index contributed by atoms with van der Waals surface area (Å²) in [6.45, 7) is 4.19. The molecule has 22 heavy (non-hydrogen) atoms. The van der Waals surface area contributed by atoms with Crippen LogP contribution in [0.4, 0.5) is 0 Å². The number of hydrogen-bond acceptors (Lipinski definition) is 6. The number of carbonyl (C=O) groups is 1. The van der Waals surface area contributed by atoms with Crippen molar-refractivity contribution < 1.29 is 9.53 Å². The van der Waals surface area contributed by atoms with Gasteiger partial charge in [0.1, 0.15) is 4.88 Å². The number of nitrogens with zero attached hydrogens (tertiary/aromatic N) is 4. The molecule has 3 rings (SSSR count). The van der Waals surface area contributed by atoms with Crippen molar-refractivity contribution >= 4 is 17.4 Å². The predicted molar refractivity (Wildman–Crippen MR) is 85.2 cm³/mol. The number of amides is 1. The van der Waals surface area contributed by atoms with Gasteiger partial charge < -0.3 is 14.5 Å². The van der Waals surface area contributed by atoms with Gasteiger partial charge in [0.25, 0.3) is 5.91 Å². The highest BCUT2D eigenvalue weighted by atomic mass is 32.1. The fourth-order valence-electron chi connectivity index (χ4n) is 3.48. The SMILES string of the molecule is Cc1nnsc1C(=O)N1CCC2(CC1)C[C@@H](N(C)C)CCO2. The second-order valence-electron chi connectivity index (χ2n) is 6.62. The Bertz CT molecular complexity index is 537. The molecule has 0 saturated carbocycles. The van der Waals surface area contributed by atoms with E-state index in [9.17, 15) is 4.79 Å². The van der Waals surface area contributed by atoms with E-state index in [2.05, 4.69) is 28.6 Å². The van der Waals surface area contributed by atoms with Gasteiger partial charge in [-0.3, -0.25) is 4.79 Å². The molecule has 1 spiro atoms. The fourth-order valence-corrected chi connectivity index (χ4v) is 4.10. The third kappa shape index (κ3) is 3.02. The smallest absolute Gasteiger partial charge is 0.267 e. The molecule has 1 amide bonds. The lowest BCUT2D eigenvalue weighted by molar-refractivity contribution is -0.125. The predicted octanol–water partition coefficient (Wildman–Crippen LogP) is 1.56. The summed E-state index contributed by atoms with van der Waals surface area (Å²) in [5.74, 6) is 0.0716. The first kappa shape index (κ1) is 15.8. The van der Waals surface area contributed by atoms with Gasteiger partial charge in [-0.15, -0.1) is 5.10 Å². The Hall–Kier alpha value is -1.05. The van der Waals surface area contributed by atoms with E-state index in [1.165, 1.54) is 11.5 Å². The molecule has 0 aliphatic carbocycles. The molecule has 1 aromatic heterocycles. The lowest BCUT2D eigenvalue weighted by Gasteiger charge is -2.47. The van der Waals surface area contributed by atoms with Crippen molar-refractivity contribution in [2.24, 2.45) is 0 Å². The third-order valence-electron chi connectivity index (χ3n) is 5.00. The average Bonchev–Trinajstić information content (AvgIpc) is 2.93. The van der Waals surface area contributed by atoms with Gasteiger partial charge in [-0.1, -0.05) is 4.49 Å². The number of ether oxygens (including phenoxy) is 1. The summed E-state index contributed by atoms with van der Waals surface area (Å²) in [7, 11) is 4.28. The molecular weight excluding hydrogens is 300 g/mol. The quantitative estimate of drug-likeness (QED) is 0.826. The molecule has 2 aliphatic heterocycles. The maximum Gasteiger partial charge on any atom is 0.267 e. The van der Waals surface area contributed by atoms with Crippen LogP contribution in [0.3, 0.4) is 0 Å². The minimum absolute atomic E-state index is 0.0367. The number of piperidine rings is 1. The standard InChI is InChI=1S/C15H24N4O2S/c1-11-13(22-17-16-11)14(20)19-7-5-15(6-8-19)10-12(18(2)3)4-9-21-15/h12H,4-10H2,1-3H3/t12-/m0/s1. The third-order valence-corrected chi connectivity index (χ3v) is 5.82. The number of carbonyl (C=O) groups excluding carboxylic acids is 1. The molecule has 2 fully saturated rings. The second-order valence-corrected chi connectivity index (χ2v) is 7.38. The number of rotatable bonds is 2. The van der Waals surface area contributed by atoms with Crippen LogP contribution in [0.25, 0.3) is 0 Å². The zero-order valence-corrected chi connectivity index (χ0v) is 14.4. The first-order valence-electron chi connectivity index (χ1n) is 7.89. The molecule has 122 valence electrons. The second kappa shape index (κ2) is 6.22. The summed E-state index contributed by atoms with van der Waals surface area (Å²) in [5, 5.41) is 3.94. The lowest BCUT2D eigenvalue weighted by atomic mass is 9.82. The molecule has 2 saturated heterocycles. The Labute approximate surface area is 135 Å². The van der Waals surface area contributed by atoms with Crippen LogP contribution in [-0.4, -0.2) is 70.7 Å². The van der Waals surface area contributed by atoms with Crippen molar-refractivity contribution in [2.75, 3.05) is 33.8 Å². The molecule has 2 aliphatic rings. The molecule has 0 N–H and O–H groups in total. The number of likely N-dealkylation sites (tertiary alicyclic amines) is 1.